The molecule has 0 radical (unpaired) electrons. The number of likely N-dealkylation sites (N-methyl/N-ethyl adjacent to an activating group) is 1. The molecule has 1 unspecified atom stereocenters. The molecular formula is C9H15N3O2. The maximum absolute atomic E-state index is 11.2. The molecule has 0 rings (SSSR count). The van der Waals surface area contributed by atoms with E-state index in [-0.39, 0.29) is 18.4 Å². The molecule has 0 heterocycles. The summed E-state index contributed by atoms with van der Waals surface area (Å²) < 4.78 is 0. The van der Waals surface area contributed by atoms with Crippen LogP contribution in [0.4, 0.5) is 0 Å². The number of nitrogens with zero attached hydrogens (tertiary/aromatic N) is 2. The summed E-state index contributed by atoms with van der Waals surface area (Å²) in [6.45, 7) is 1.70. The monoisotopic (exact) mass is 197 g/mol. The molecule has 0 saturated heterocycles. The molecule has 1 atom stereocenters. The molecule has 5 nitrogen and oxygen atoms in total. The van der Waals surface area contributed by atoms with Gasteiger partial charge in [0.15, 0.2) is 0 Å². The van der Waals surface area contributed by atoms with Gasteiger partial charge in [-0.2, -0.15) is 5.26 Å². The zero-order valence-electron chi connectivity index (χ0n) is 8.70. The smallest absolute Gasteiger partial charge is 0.241 e. The van der Waals surface area contributed by atoms with Gasteiger partial charge in [-0.15, -0.1) is 0 Å². The Morgan fingerprint density at radius 2 is 2.07 bits per heavy atom. The van der Waals surface area contributed by atoms with E-state index >= 15 is 0 Å². The van der Waals surface area contributed by atoms with Crippen LogP contribution in [-0.2, 0) is 9.59 Å². The lowest BCUT2D eigenvalue weighted by atomic mass is 10.1. The molecule has 0 saturated carbocycles. The van der Waals surface area contributed by atoms with E-state index in [1.165, 1.54) is 4.90 Å². The van der Waals surface area contributed by atoms with Crippen LogP contribution in [0.1, 0.15) is 13.3 Å². The molecule has 0 aromatic carbocycles. The molecule has 1 N–H and O–H groups in total. The average molecular weight is 197 g/mol. The zero-order valence-corrected chi connectivity index (χ0v) is 8.70. The van der Waals surface area contributed by atoms with E-state index in [0.29, 0.717) is 6.42 Å². The van der Waals surface area contributed by atoms with E-state index in [1.54, 1.807) is 21.0 Å². The highest BCUT2D eigenvalue weighted by Crippen LogP contribution is 1.99. The molecule has 14 heavy (non-hydrogen) atoms. The Kier molecular flexibility index (Phi) is 5.30. The van der Waals surface area contributed by atoms with Crippen molar-refractivity contribution in [1.82, 2.24) is 10.2 Å². The van der Waals surface area contributed by atoms with Crippen LogP contribution >= 0.6 is 0 Å². The Morgan fingerprint density at radius 3 is 2.43 bits per heavy atom. The molecule has 0 aromatic heterocycles. The van der Waals surface area contributed by atoms with Gasteiger partial charge in [0, 0.05) is 14.1 Å². The van der Waals surface area contributed by atoms with Gasteiger partial charge < -0.3 is 10.2 Å². The van der Waals surface area contributed by atoms with Crippen LogP contribution in [0, 0.1) is 17.2 Å². The van der Waals surface area contributed by atoms with Crippen LogP contribution in [0.2, 0.25) is 0 Å². The Labute approximate surface area is 83.7 Å². The molecule has 0 bridgehead atoms. The third kappa shape index (κ3) is 3.90. The van der Waals surface area contributed by atoms with Gasteiger partial charge in [0.05, 0.1) is 12.6 Å². The van der Waals surface area contributed by atoms with Crippen molar-refractivity contribution in [2.45, 2.75) is 13.3 Å². The Balaban J connectivity index is 3.97. The van der Waals surface area contributed by atoms with Crippen molar-refractivity contribution in [3.05, 3.63) is 0 Å². The van der Waals surface area contributed by atoms with Gasteiger partial charge in [0.2, 0.25) is 11.8 Å². The standard InChI is InChI=1S/C9H15N3O2/c1-4-7(5-10)9(14)11-6-8(13)12(2)3/h7H,4,6H2,1-3H3,(H,11,14). The minimum absolute atomic E-state index is 0.0516. The predicted octanol–water partition coefficient (Wildman–Crippen LogP) is -0.259. The lowest BCUT2D eigenvalue weighted by molar-refractivity contribution is -0.131. The first-order valence-corrected chi connectivity index (χ1v) is 4.40. The number of hydrogen-bond acceptors (Lipinski definition) is 3. The largest absolute Gasteiger partial charge is 0.347 e. The number of carbonyl (C=O) groups is 2. The number of nitriles is 1. The van der Waals surface area contributed by atoms with Crippen molar-refractivity contribution in [1.29, 1.82) is 5.26 Å². The summed E-state index contributed by atoms with van der Waals surface area (Å²) in [4.78, 5) is 23.7. The Hall–Kier alpha value is -1.57. The highest BCUT2D eigenvalue weighted by Gasteiger charge is 2.16. The molecule has 0 aliphatic rings. The first kappa shape index (κ1) is 12.4. The number of hydrogen-bond donors (Lipinski definition) is 1. The highest BCUT2D eigenvalue weighted by molar-refractivity contribution is 5.86. The fraction of sp³-hybridized carbons (Fsp3) is 0.667. The van der Waals surface area contributed by atoms with Gasteiger partial charge in [-0.1, -0.05) is 6.92 Å². The summed E-state index contributed by atoms with van der Waals surface area (Å²) in [6.07, 6.45) is 0.457. The zero-order chi connectivity index (χ0) is 11.1. The third-order valence-electron chi connectivity index (χ3n) is 1.79. The highest BCUT2D eigenvalue weighted by atomic mass is 16.2. The third-order valence-corrected chi connectivity index (χ3v) is 1.79. The lowest BCUT2D eigenvalue weighted by Crippen LogP contribution is -2.38. The number of rotatable bonds is 4. The van der Waals surface area contributed by atoms with E-state index in [4.69, 9.17) is 5.26 Å². The molecule has 0 aliphatic carbocycles. The van der Waals surface area contributed by atoms with Crippen LogP contribution in [0.25, 0.3) is 0 Å². The van der Waals surface area contributed by atoms with Gasteiger partial charge in [0.25, 0.3) is 0 Å². The summed E-state index contributed by atoms with van der Waals surface area (Å²) in [6, 6.07) is 1.87. The normalized spacial score (nSPS) is 11.3. The fourth-order valence-corrected chi connectivity index (χ4v) is 0.779. The van der Waals surface area contributed by atoms with Crippen molar-refractivity contribution in [3.8, 4) is 6.07 Å². The molecular weight excluding hydrogens is 182 g/mol. The van der Waals surface area contributed by atoms with Crippen LogP contribution < -0.4 is 5.32 Å². The SMILES string of the molecule is CCC(C#N)C(=O)NCC(=O)N(C)C. The van der Waals surface area contributed by atoms with Crippen molar-refractivity contribution in [2.75, 3.05) is 20.6 Å². The number of nitrogens with one attached hydrogen (secondary N) is 1. The number of amides is 2. The average Bonchev–Trinajstić information content (AvgIpc) is 2.15. The van der Waals surface area contributed by atoms with Crippen LogP contribution in [0.5, 0.6) is 0 Å². The van der Waals surface area contributed by atoms with Crippen LogP contribution in [0.15, 0.2) is 0 Å². The second kappa shape index (κ2) is 5.97. The molecule has 5 heteroatoms. The van der Waals surface area contributed by atoms with Crippen LogP contribution in [0.3, 0.4) is 0 Å². The first-order chi connectivity index (χ1) is 6.52. The molecule has 0 aliphatic heterocycles. The molecule has 0 fully saturated rings. The molecule has 0 aromatic rings. The Morgan fingerprint density at radius 1 is 1.50 bits per heavy atom. The molecule has 0 spiro atoms. The summed E-state index contributed by atoms with van der Waals surface area (Å²) in [5, 5.41) is 11.0. The van der Waals surface area contributed by atoms with E-state index in [1.807, 2.05) is 6.07 Å². The van der Waals surface area contributed by atoms with Crippen molar-refractivity contribution in [3.63, 3.8) is 0 Å². The van der Waals surface area contributed by atoms with E-state index in [0.717, 1.165) is 0 Å². The van der Waals surface area contributed by atoms with Gasteiger partial charge in [-0.05, 0) is 6.42 Å². The summed E-state index contributed by atoms with van der Waals surface area (Å²) in [7, 11) is 3.21. The van der Waals surface area contributed by atoms with E-state index in [9.17, 15) is 9.59 Å². The van der Waals surface area contributed by atoms with Crippen molar-refractivity contribution in [2.24, 2.45) is 5.92 Å². The van der Waals surface area contributed by atoms with Gasteiger partial charge in [0.1, 0.15) is 5.92 Å². The first-order valence-electron chi connectivity index (χ1n) is 4.40. The summed E-state index contributed by atoms with van der Waals surface area (Å²) in [5.74, 6) is -1.23. The summed E-state index contributed by atoms with van der Waals surface area (Å²) >= 11 is 0. The minimum Gasteiger partial charge on any atom is -0.347 e. The lowest BCUT2D eigenvalue weighted by Gasteiger charge is -2.12. The van der Waals surface area contributed by atoms with Gasteiger partial charge >= 0.3 is 0 Å². The maximum atomic E-state index is 11.2. The molecule has 2 amide bonds. The number of carbonyl (C=O) groups excluding carboxylic acids is 2. The Bertz CT molecular complexity index is 255. The van der Waals surface area contributed by atoms with Crippen molar-refractivity contribution < 1.29 is 9.59 Å². The van der Waals surface area contributed by atoms with Crippen molar-refractivity contribution >= 4 is 11.8 Å². The topological polar surface area (TPSA) is 73.2 Å². The fourth-order valence-electron chi connectivity index (χ4n) is 0.779. The van der Waals surface area contributed by atoms with E-state index < -0.39 is 5.92 Å². The quantitative estimate of drug-likeness (QED) is 0.674. The molecule has 78 valence electrons. The maximum Gasteiger partial charge on any atom is 0.241 e. The second-order valence-electron chi connectivity index (χ2n) is 3.10. The minimum atomic E-state index is -0.662. The van der Waals surface area contributed by atoms with Crippen LogP contribution in [-0.4, -0.2) is 37.4 Å². The van der Waals surface area contributed by atoms with Gasteiger partial charge in [-0.25, -0.2) is 0 Å². The summed E-state index contributed by atoms with van der Waals surface area (Å²) in [5.41, 5.74) is 0. The van der Waals surface area contributed by atoms with E-state index in [2.05, 4.69) is 5.32 Å². The second-order valence-corrected chi connectivity index (χ2v) is 3.10. The predicted molar refractivity (Wildman–Crippen MR) is 51.1 cm³/mol. The van der Waals surface area contributed by atoms with Gasteiger partial charge in [-0.3, -0.25) is 9.59 Å².